The van der Waals surface area contributed by atoms with Crippen molar-refractivity contribution in [3.63, 3.8) is 0 Å². The summed E-state index contributed by atoms with van der Waals surface area (Å²) in [5.41, 5.74) is 2.13. The van der Waals surface area contributed by atoms with Crippen LogP contribution < -0.4 is 0 Å². The zero-order chi connectivity index (χ0) is 17.6. The van der Waals surface area contributed by atoms with E-state index in [2.05, 4.69) is 23.0 Å². The molecule has 1 atom stereocenters. The summed E-state index contributed by atoms with van der Waals surface area (Å²) in [4.78, 5) is 16.8. The van der Waals surface area contributed by atoms with Gasteiger partial charge < -0.3 is 9.80 Å². The minimum atomic E-state index is 0.202. The highest BCUT2D eigenvalue weighted by atomic mass is 16.2. The summed E-state index contributed by atoms with van der Waals surface area (Å²) in [6.45, 7) is 6.02. The standard InChI is InChI=1S/C20H28N4O/c1-17-7-5-12-23(15-17)14-10-20(25)22(2)16-18-8-3-4-9-19(18)24-13-6-11-21-24/h3-4,6,8-9,11,13,17H,5,7,10,12,14-16H2,1-2H3/t17-/m1/s1. The van der Waals surface area contributed by atoms with Gasteiger partial charge in [0.2, 0.25) is 5.91 Å². The topological polar surface area (TPSA) is 41.4 Å². The summed E-state index contributed by atoms with van der Waals surface area (Å²) in [5.74, 6) is 0.955. The van der Waals surface area contributed by atoms with E-state index in [-0.39, 0.29) is 5.91 Å². The zero-order valence-corrected chi connectivity index (χ0v) is 15.3. The lowest BCUT2D eigenvalue weighted by molar-refractivity contribution is -0.130. The zero-order valence-electron chi connectivity index (χ0n) is 15.3. The van der Waals surface area contributed by atoms with Crippen molar-refractivity contribution >= 4 is 5.91 Å². The Morgan fingerprint density at radius 1 is 1.32 bits per heavy atom. The second-order valence-electron chi connectivity index (χ2n) is 7.13. The molecule has 2 heterocycles. The van der Waals surface area contributed by atoms with Crippen molar-refractivity contribution in [2.75, 3.05) is 26.7 Å². The van der Waals surface area contributed by atoms with Gasteiger partial charge in [0.05, 0.1) is 5.69 Å². The van der Waals surface area contributed by atoms with Gasteiger partial charge in [-0.3, -0.25) is 4.79 Å². The predicted molar refractivity (Wildman–Crippen MR) is 99.5 cm³/mol. The summed E-state index contributed by atoms with van der Waals surface area (Å²) < 4.78 is 1.85. The third-order valence-electron chi connectivity index (χ3n) is 4.96. The Balaban J connectivity index is 1.57. The predicted octanol–water partition coefficient (Wildman–Crippen LogP) is 2.95. The third-order valence-corrected chi connectivity index (χ3v) is 4.96. The lowest BCUT2D eigenvalue weighted by Gasteiger charge is -2.31. The van der Waals surface area contributed by atoms with Crippen LogP contribution >= 0.6 is 0 Å². The van der Waals surface area contributed by atoms with E-state index in [9.17, 15) is 4.79 Å². The Labute approximate surface area is 150 Å². The van der Waals surface area contributed by atoms with Crippen LogP contribution in [-0.2, 0) is 11.3 Å². The minimum Gasteiger partial charge on any atom is -0.341 e. The van der Waals surface area contributed by atoms with Gasteiger partial charge in [0.1, 0.15) is 0 Å². The highest BCUT2D eigenvalue weighted by molar-refractivity contribution is 5.76. The van der Waals surface area contributed by atoms with E-state index >= 15 is 0 Å². The van der Waals surface area contributed by atoms with E-state index in [1.165, 1.54) is 12.8 Å². The number of carbonyl (C=O) groups excluding carboxylic acids is 1. The average Bonchev–Trinajstić information content (AvgIpc) is 3.14. The maximum Gasteiger partial charge on any atom is 0.223 e. The summed E-state index contributed by atoms with van der Waals surface area (Å²) in [5, 5.41) is 4.31. The number of piperidine rings is 1. The van der Waals surface area contributed by atoms with Gasteiger partial charge in [-0.2, -0.15) is 5.10 Å². The number of hydrogen-bond donors (Lipinski definition) is 0. The monoisotopic (exact) mass is 340 g/mol. The number of hydrogen-bond acceptors (Lipinski definition) is 3. The first-order chi connectivity index (χ1) is 12.1. The Hall–Kier alpha value is -2.14. The third kappa shape index (κ3) is 4.69. The molecule has 0 N–H and O–H groups in total. The fourth-order valence-corrected chi connectivity index (χ4v) is 3.56. The quantitative estimate of drug-likeness (QED) is 0.812. The second-order valence-corrected chi connectivity index (χ2v) is 7.13. The number of aromatic nitrogens is 2. The first kappa shape index (κ1) is 17.7. The average molecular weight is 340 g/mol. The van der Waals surface area contributed by atoms with E-state index in [1.807, 2.05) is 47.1 Å². The van der Waals surface area contributed by atoms with Crippen LogP contribution in [0.3, 0.4) is 0 Å². The molecule has 0 aliphatic carbocycles. The first-order valence-corrected chi connectivity index (χ1v) is 9.17. The maximum absolute atomic E-state index is 12.5. The molecule has 1 aliphatic heterocycles. The van der Waals surface area contributed by atoms with Crippen LogP contribution in [0, 0.1) is 5.92 Å². The van der Waals surface area contributed by atoms with Crippen molar-refractivity contribution in [2.24, 2.45) is 5.92 Å². The number of amides is 1. The summed E-state index contributed by atoms with van der Waals surface area (Å²) in [6.07, 6.45) is 6.85. The van der Waals surface area contributed by atoms with Crippen LogP contribution in [0.4, 0.5) is 0 Å². The summed E-state index contributed by atoms with van der Waals surface area (Å²) in [6, 6.07) is 10.0. The van der Waals surface area contributed by atoms with Crippen molar-refractivity contribution in [1.82, 2.24) is 19.6 Å². The van der Waals surface area contributed by atoms with E-state index < -0.39 is 0 Å². The van der Waals surface area contributed by atoms with Crippen LogP contribution in [0.2, 0.25) is 0 Å². The summed E-state index contributed by atoms with van der Waals surface area (Å²) in [7, 11) is 1.89. The van der Waals surface area contributed by atoms with Crippen LogP contribution in [0.1, 0.15) is 31.7 Å². The number of carbonyl (C=O) groups is 1. The van der Waals surface area contributed by atoms with Crippen molar-refractivity contribution in [3.8, 4) is 5.69 Å². The van der Waals surface area contributed by atoms with Gasteiger partial charge >= 0.3 is 0 Å². The molecule has 1 aliphatic rings. The van der Waals surface area contributed by atoms with Crippen LogP contribution in [-0.4, -0.2) is 52.2 Å². The van der Waals surface area contributed by atoms with Crippen LogP contribution in [0.15, 0.2) is 42.7 Å². The molecule has 1 aromatic carbocycles. The molecule has 0 spiro atoms. The lowest BCUT2D eigenvalue weighted by atomic mass is 10.0. The van der Waals surface area contributed by atoms with E-state index in [0.29, 0.717) is 13.0 Å². The SMILES string of the molecule is C[C@@H]1CCCN(CCC(=O)N(C)Cc2ccccc2-n2cccn2)C1. The first-order valence-electron chi connectivity index (χ1n) is 9.17. The fourth-order valence-electron chi connectivity index (χ4n) is 3.56. The molecule has 0 radical (unpaired) electrons. The number of likely N-dealkylation sites (tertiary alicyclic amines) is 1. The van der Waals surface area contributed by atoms with Gasteiger partial charge in [-0.25, -0.2) is 4.68 Å². The molecule has 0 saturated carbocycles. The van der Waals surface area contributed by atoms with E-state index in [1.54, 1.807) is 6.20 Å². The van der Waals surface area contributed by atoms with Gasteiger partial charge in [0.25, 0.3) is 0 Å². The molecule has 1 fully saturated rings. The smallest absolute Gasteiger partial charge is 0.223 e. The Morgan fingerprint density at radius 2 is 2.16 bits per heavy atom. The van der Waals surface area contributed by atoms with Crippen molar-refractivity contribution in [1.29, 1.82) is 0 Å². The van der Waals surface area contributed by atoms with Gasteiger partial charge in [-0.15, -0.1) is 0 Å². The number of para-hydroxylation sites is 1. The summed E-state index contributed by atoms with van der Waals surface area (Å²) >= 11 is 0. The molecule has 0 unspecified atom stereocenters. The lowest BCUT2D eigenvalue weighted by Crippen LogP contribution is -2.37. The molecular formula is C20H28N4O. The molecule has 1 saturated heterocycles. The van der Waals surface area contributed by atoms with E-state index in [4.69, 9.17) is 0 Å². The van der Waals surface area contributed by atoms with Gasteiger partial charge in [-0.1, -0.05) is 25.1 Å². The maximum atomic E-state index is 12.5. The molecule has 2 aromatic rings. The Kier molecular flexibility index (Phi) is 5.87. The normalized spacial score (nSPS) is 18.2. The van der Waals surface area contributed by atoms with Crippen molar-refractivity contribution < 1.29 is 4.79 Å². The fraction of sp³-hybridized carbons (Fsp3) is 0.500. The molecular weight excluding hydrogens is 312 g/mol. The molecule has 5 nitrogen and oxygen atoms in total. The molecule has 134 valence electrons. The number of benzene rings is 1. The van der Waals surface area contributed by atoms with Crippen molar-refractivity contribution in [2.45, 2.75) is 32.7 Å². The second kappa shape index (κ2) is 8.30. The molecule has 1 amide bonds. The van der Waals surface area contributed by atoms with Gasteiger partial charge in [-0.05, 0) is 43.0 Å². The largest absolute Gasteiger partial charge is 0.341 e. The van der Waals surface area contributed by atoms with Gasteiger partial charge in [0, 0.05) is 45.5 Å². The van der Waals surface area contributed by atoms with Crippen LogP contribution in [0.5, 0.6) is 0 Å². The molecule has 0 bridgehead atoms. The van der Waals surface area contributed by atoms with Crippen molar-refractivity contribution in [3.05, 3.63) is 48.3 Å². The molecule has 25 heavy (non-hydrogen) atoms. The Bertz CT molecular complexity index is 683. The molecule has 1 aromatic heterocycles. The number of nitrogens with zero attached hydrogens (tertiary/aromatic N) is 4. The molecule has 5 heteroatoms. The highest BCUT2D eigenvalue weighted by Crippen LogP contribution is 2.17. The van der Waals surface area contributed by atoms with Gasteiger partial charge in [0.15, 0.2) is 0 Å². The minimum absolute atomic E-state index is 0.202. The molecule has 3 rings (SSSR count). The van der Waals surface area contributed by atoms with E-state index in [0.717, 1.165) is 36.8 Å². The highest BCUT2D eigenvalue weighted by Gasteiger charge is 2.18. The van der Waals surface area contributed by atoms with Crippen LogP contribution in [0.25, 0.3) is 5.69 Å². The number of rotatable bonds is 6. The Morgan fingerprint density at radius 3 is 2.92 bits per heavy atom.